The van der Waals surface area contributed by atoms with E-state index < -0.39 is 0 Å². The normalized spacial score (nSPS) is 27.6. The molecule has 0 unspecified atom stereocenters. The molecule has 0 radical (unpaired) electrons. The predicted octanol–water partition coefficient (Wildman–Crippen LogP) is 1.39. The third-order valence-corrected chi connectivity index (χ3v) is 5.13. The molecule has 2 heterocycles. The Morgan fingerprint density at radius 2 is 2.32 bits per heavy atom. The lowest BCUT2D eigenvalue weighted by Crippen LogP contribution is -2.55. The summed E-state index contributed by atoms with van der Waals surface area (Å²) in [5.41, 5.74) is 0.370. The number of amides is 2. The monoisotopic (exact) mass is 302 g/mol. The second-order valence-corrected chi connectivity index (χ2v) is 6.22. The van der Waals surface area contributed by atoms with Crippen molar-refractivity contribution in [3.63, 3.8) is 0 Å². The summed E-state index contributed by atoms with van der Waals surface area (Å²) in [7, 11) is 0. The highest BCUT2D eigenvalue weighted by Gasteiger charge is 2.49. The summed E-state index contributed by atoms with van der Waals surface area (Å²) in [6.07, 6.45) is 9.23. The van der Waals surface area contributed by atoms with Crippen LogP contribution in [0.4, 0.5) is 0 Å². The first kappa shape index (κ1) is 14.9. The first-order valence-corrected chi connectivity index (χ1v) is 8.00. The van der Waals surface area contributed by atoms with Crippen LogP contribution in [0.15, 0.2) is 18.6 Å². The third kappa shape index (κ3) is 2.58. The lowest BCUT2D eigenvalue weighted by molar-refractivity contribution is -0.141. The molecule has 2 fully saturated rings. The number of likely N-dealkylation sites (tertiary alicyclic amines) is 1. The zero-order chi connectivity index (χ0) is 15.6. The average molecular weight is 302 g/mol. The van der Waals surface area contributed by atoms with Gasteiger partial charge in [0.1, 0.15) is 5.69 Å². The maximum Gasteiger partial charge on any atom is 0.271 e. The largest absolute Gasteiger partial charge is 0.350 e. The topological polar surface area (TPSA) is 75.2 Å². The Hall–Kier alpha value is -1.98. The molecule has 0 spiro atoms. The number of hydrogen-bond donors (Lipinski definition) is 1. The number of carbonyl (C=O) groups excluding carboxylic acids is 2. The molecule has 1 saturated carbocycles. The van der Waals surface area contributed by atoms with Crippen LogP contribution in [0.2, 0.25) is 0 Å². The lowest BCUT2D eigenvalue weighted by Gasteiger charge is -2.46. The molecule has 1 aromatic heterocycles. The van der Waals surface area contributed by atoms with Gasteiger partial charge in [0.2, 0.25) is 5.91 Å². The molecule has 2 amide bonds. The molecule has 1 aliphatic carbocycles. The summed E-state index contributed by atoms with van der Waals surface area (Å²) in [5, 5.41) is 3.01. The van der Waals surface area contributed by atoms with Gasteiger partial charge in [-0.25, -0.2) is 4.98 Å². The van der Waals surface area contributed by atoms with E-state index in [4.69, 9.17) is 0 Å². The van der Waals surface area contributed by atoms with Gasteiger partial charge in [0.05, 0.1) is 6.20 Å². The molecule has 6 nitrogen and oxygen atoms in total. The van der Waals surface area contributed by atoms with Crippen LogP contribution in [0.3, 0.4) is 0 Å². The van der Waals surface area contributed by atoms with Gasteiger partial charge in [0, 0.05) is 43.4 Å². The molecule has 1 N–H and O–H groups in total. The van der Waals surface area contributed by atoms with Gasteiger partial charge in [-0.1, -0.05) is 6.42 Å². The number of nitrogens with zero attached hydrogens (tertiary/aromatic N) is 3. The van der Waals surface area contributed by atoms with Crippen molar-refractivity contribution in [2.45, 2.75) is 45.1 Å². The van der Waals surface area contributed by atoms with E-state index in [1.54, 1.807) is 6.20 Å². The van der Waals surface area contributed by atoms with Crippen LogP contribution < -0.4 is 5.32 Å². The summed E-state index contributed by atoms with van der Waals surface area (Å²) < 4.78 is 0. The molecular formula is C16H22N4O2. The number of aromatic nitrogens is 2. The van der Waals surface area contributed by atoms with E-state index in [1.807, 2.05) is 11.8 Å². The first-order chi connectivity index (χ1) is 10.7. The highest BCUT2D eigenvalue weighted by molar-refractivity contribution is 5.91. The van der Waals surface area contributed by atoms with Gasteiger partial charge in [0.25, 0.3) is 5.91 Å². The van der Waals surface area contributed by atoms with E-state index in [1.165, 1.54) is 12.4 Å². The number of rotatable bonds is 4. The molecule has 0 bridgehead atoms. The molecule has 1 aromatic rings. The Labute approximate surface area is 130 Å². The molecule has 1 aliphatic heterocycles. The maximum atomic E-state index is 12.2. The van der Waals surface area contributed by atoms with E-state index in [0.29, 0.717) is 18.7 Å². The molecular weight excluding hydrogens is 280 g/mol. The Kier molecular flexibility index (Phi) is 4.09. The molecule has 1 saturated heterocycles. The Bertz CT molecular complexity index is 563. The van der Waals surface area contributed by atoms with Crippen LogP contribution in [-0.4, -0.2) is 45.8 Å². The fourth-order valence-corrected chi connectivity index (χ4v) is 4.03. The minimum Gasteiger partial charge on any atom is -0.350 e. The summed E-state index contributed by atoms with van der Waals surface area (Å²) in [5.74, 6) is 0.0679. The molecule has 118 valence electrons. The first-order valence-electron chi connectivity index (χ1n) is 8.00. The average Bonchev–Trinajstić information content (AvgIpc) is 2.98. The zero-order valence-corrected chi connectivity index (χ0v) is 12.9. The van der Waals surface area contributed by atoms with Crippen molar-refractivity contribution < 1.29 is 9.59 Å². The van der Waals surface area contributed by atoms with Gasteiger partial charge < -0.3 is 10.2 Å². The van der Waals surface area contributed by atoms with Crippen LogP contribution in [0.25, 0.3) is 0 Å². The summed E-state index contributed by atoms with van der Waals surface area (Å²) >= 11 is 0. The van der Waals surface area contributed by atoms with Crippen LogP contribution >= 0.6 is 0 Å². The fourth-order valence-electron chi connectivity index (χ4n) is 4.03. The van der Waals surface area contributed by atoms with E-state index >= 15 is 0 Å². The number of nitrogens with one attached hydrogen (secondary N) is 1. The summed E-state index contributed by atoms with van der Waals surface area (Å²) in [6.45, 7) is 3.39. The van der Waals surface area contributed by atoms with E-state index in [-0.39, 0.29) is 23.3 Å². The van der Waals surface area contributed by atoms with Crippen LogP contribution in [0.5, 0.6) is 0 Å². The minimum atomic E-state index is -0.187. The van der Waals surface area contributed by atoms with E-state index in [9.17, 15) is 9.59 Å². The standard InChI is InChI=1S/C16H22N4O2/c1-2-20-13-4-3-6-16(13,7-5-14(20)21)11-19-15(22)12-10-17-8-9-18-12/h8-10,13H,2-7,11H2,1H3,(H,19,22)/t13-,16+/m1/s1. The van der Waals surface area contributed by atoms with Crippen molar-refractivity contribution in [3.05, 3.63) is 24.3 Å². The number of piperidine rings is 1. The van der Waals surface area contributed by atoms with Crippen molar-refractivity contribution in [2.24, 2.45) is 5.41 Å². The minimum absolute atomic E-state index is 0.0296. The smallest absolute Gasteiger partial charge is 0.271 e. The summed E-state index contributed by atoms with van der Waals surface area (Å²) in [4.78, 5) is 34.2. The van der Waals surface area contributed by atoms with E-state index in [0.717, 1.165) is 32.2 Å². The number of carbonyl (C=O) groups is 2. The van der Waals surface area contributed by atoms with Gasteiger partial charge >= 0.3 is 0 Å². The van der Waals surface area contributed by atoms with E-state index in [2.05, 4.69) is 15.3 Å². The number of fused-ring (bicyclic) bond motifs is 1. The van der Waals surface area contributed by atoms with Crippen LogP contribution in [0, 0.1) is 5.41 Å². The van der Waals surface area contributed by atoms with Crippen molar-refractivity contribution in [2.75, 3.05) is 13.1 Å². The Morgan fingerprint density at radius 1 is 1.45 bits per heavy atom. The van der Waals surface area contributed by atoms with Gasteiger partial charge in [-0.05, 0) is 26.2 Å². The van der Waals surface area contributed by atoms with Gasteiger partial charge in [-0.15, -0.1) is 0 Å². The second-order valence-electron chi connectivity index (χ2n) is 6.22. The lowest BCUT2D eigenvalue weighted by atomic mass is 9.74. The zero-order valence-electron chi connectivity index (χ0n) is 12.9. The van der Waals surface area contributed by atoms with Crippen molar-refractivity contribution >= 4 is 11.8 Å². The predicted molar refractivity (Wildman–Crippen MR) is 81.1 cm³/mol. The SMILES string of the molecule is CCN1C(=O)CC[C@]2(CNC(=O)c3cnccn3)CCC[C@@H]12. The van der Waals surface area contributed by atoms with Gasteiger partial charge in [-0.2, -0.15) is 0 Å². The van der Waals surface area contributed by atoms with Gasteiger partial charge in [-0.3, -0.25) is 14.6 Å². The van der Waals surface area contributed by atoms with Crippen LogP contribution in [0.1, 0.15) is 49.5 Å². The highest BCUT2D eigenvalue weighted by atomic mass is 16.2. The quantitative estimate of drug-likeness (QED) is 0.912. The third-order valence-electron chi connectivity index (χ3n) is 5.13. The maximum absolute atomic E-state index is 12.2. The Balaban J connectivity index is 1.70. The van der Waals surface area contributed by atoms with Crippen LogP contribution in [-0.2, 0) is 4.79 Å². The van der Waals surface area contributed by atoms with Gasteiger partial charge in [0.15, 0.2) is 0 Å². The van der Waals surface area contributed by atoms with Crippen molar-refractivity contribution in [1.82, 2.24) is 20.2 Å². The molecule has 2 aliphatic rings. The molecule has 22 heavy (non-hydrogen) atoms. The van der Waals surface area contributed by atoms with Crippen molar-refractivity contribution in [1.29, 1.82) is 0 Å². The Morgan fingerprint density at radius 3 is 3.05 bits per heavy atom. The summed E-state index contributed by atoms with van der Waals surface area (Å²) in [6, 6.07) is 0.265. The number of hydrogen-bond acceptors (Lipinski definition) is 4. The molecule has 3 rings (SSSR count). The highest BCUT2D eigenvalue weighted by Crippen LogP contribution is 2.47. The molecule has 2 atom stereocenters. The second kappa shape index (κ2) is 6.02. The molecule has 0 aromatic carbocycles. The fraction of sp³-hybridized carbons (Fsp3) is 0.625. The van der Waals surface area contributed by atoms with Crippen molar-refractivity contribution in [3.8, 4) is 0 Å². The molecule has 6 heteroatoms.